The SMILES string of the molecule is CC(C)n1cc(C#CNC(=O)C(F)(F)F)c2c(=O)[nH]c(N)nc21. The molecule has 10 heteroatoms. The van der Waals surface area contributed by atoms with Crippen LogP contribution in [0.1, 0.15) is 25.5 Å². The number of alkyl halides is 3. The van der Waals surface area contributed by atoms with Crippen LogP contribution < -0.4 is 16.6 Å². The van der Waals surface area contributed by atoms with E-state index in [0.29, 0.717) is 0 Å². The van der Waals surface area contributed by atoms with E-state index >= 15 is 0 Å². The molecule has 7 nitrogen and oxygen atoms in total. The Balaban J connectivity index is 2.51. The molecule has 2 aromatic heterocycles. The number of rotatable bonds is 1. The number of aromatic amines is 1. The second-order valence-corrected chi connectivity index (χ2v) is 4.90. The highest BCUT2D eigenvalue weighted by molar-refractivity contribution is 5.85. The van der Waals surface area contributed by atoms with Crippen molar-refractivity contribution in [1.29, 1.82) is 0 Å². The zero-order valence-corrected chi connectivity index (χ0v) is 12.1. The van der Waals surface area contributed by atoms with Crippen LogP contribution in [0.3, 0.4) is 0 Å². The minimum Gasteiger partial charge on any atom is -0.369 e. The number of hydrogen-bond donors (Lipinski definition) is 3. The Labute approximate surface area is 127 Å². The quantitative estimate of drug-likeness (QED) is 0.534. The summed E-state index contributed by atoms with van der Waals surface area (Å²) in [5.41, 5.74) is 5.31. The summed E-state index contributed by atoms with van der Waals surface area (Å²) in [5.74, 6) is 0.0460. The van der Waals surface area contributed by atoms with Gasteiger partial charge in [-0.15, -0.1) is 0 Å². The third-order valence-corrected chi connectivity index (χ3v) is 2.89. The number of halogens is 3. The van der Waals surface area contributed by atoms with Crippen molar-refractivity contribution in [2.75, 3.05) is 5.73 Å². The number of nitrogens with zero attached hydrogens (tertiary/aromatic N) is 2. The monoisotopic (exact) mass is 327 g/mol. The van der Waals surface area contributed by atoms with Gasteiger partial charge in [-0.25, -0.2) is 0 Å². The summed E-state index contributed by atoms with van der Waals surface area (Å²) in [5, 5.41) is 1.50. The van der Waals surface area contributed by atoms with Crippen LogP contribution in [0.2, 0.25) is 0 Å². The highest BCUT2D eigenvalue weighted by atomic mass is 19.4. The van der Waals surface area contributed by atoms with Gasteiger partial charge in [0.2, 0.25) is 5.95 Å². The number of nitrogens with one attached hydrogen (secondary N) is 2. The van der Waals surface area contributed by atoms with Crippen LogP contribution in [0.4, 0.5) is 19.1 Å². The van der Waals surface area contributed by atoms with Crippen LogP contribution in [0, 0.1) is 12.0 Å². The van der Waals surface area contributed by atoms with Crippen LogP contribution in [-0.2, 0) is 4.79 Å². The lowest BCUT2D eigenvalue weighted by atomic mass is 10.2. The van der Waals surface area contributed by atoms with E-state index in [-0.39, 0.29) is 28.6 Å². The first kappa shape index (κ1) is 16.4. The molecule has 4 N–H and O–H groups in total. The molecule has 23 heavy (non-hydrogen) atoms. The molecule has 122 valence electrons. The zero-order valence-electron chi connectivity index (χ0n) is 12.1. The van der Waals surface area contributed by atoms with E-state index in [1.54, 1.807) is 4.57 Å². The molecule has 0 spiro atoms. The predicted molar refractivity (Wildman–Crippen MR) is 76.2 cm³/mol. The summed E-state index contributed by atoms with van der Waals surface area (Å²) < 4.78 is 37.9. The molecule has 2 heterocycles. The van der Waals surface area contributed by atoms with E-state index in [1.165, 1.54) is 11.5 Å². The largest absolute Gasteiger partial charge is 0.472 e. The summed E-state index contributed by atoms with van der Waals surface area (Å²) in [4.78, 5) is 29.0. The topological polar surface area (TPSA) is 106 Å². The van der Waals surface area contributed by atoms with Gasteiger partial charge in [0.25, 0.3) is 5.56 Å². The van der Waals surface area contributed by atoms with Crippen molar-refractivity contribution >= 4 is 22.9 Å². The van der Waals surface area contributed by atoms with E-state index in [0.717, 1.165) is 0 Å². The van der Waals surface area contributed by atoms with E-state index in [4.69, 9.17) is 5.73 Å². The van der Waals surface area contributed by atoms with Gasteiger partial charge in [0.15, 0.2) is 5.65 Å². The number of amides is 1. The standard InChI is InChI=1S/C13H12F3N5O2/c1-6(2)21-5-7(3-4-18-11(23)13(14,15)16)8-9(21)19-12(17)20-10(8)22/h5-6H,1-2H3,(H,18,23)(H3,17,19,20,22). The lowest BCUT2D eigenvalue weighted by Crippen LogP contribution is -2.33. The number of nitrogens with two attached hydrogens (primary N) is 1. The second kappa shape index (κ2) is 5.68. The molecule has 0 unspecified atom stereocenters. The molecule has 0 aliphatic carbocycles. The lowest BCUT2D eigenvalue weighted by Gasteiger charge is -2.07. The van der Waals surface area contributed by atoms with Crippen molar-refractivity contribution in [3.8, 4) is 12.0 Å². The van der Waals surface area contributed by atoms with Gasteiger partial charge in [0.05, 0.1) is 10.9 Å². The third kappa shape index (κ3) is 3.28. The molecule has 2 aromatic rings. The fourth-order valence-corrected chi connectivity index (χ4v) is 1.89. The number of nitrogen functional groups attached to an aromatic ring is 1. The van der Waals surface area contributed by atoms with Crippen LogP contribution in [0.5, 0.6) is 0 Å². The molecule has 0 bridgehead atoms. The second-order valence-electron chi connectivity index (χ2n) is 4.90. The van der Waals surface area contributed by atoms with Crippen LogP contribution in [-0.4, -0.2) is 26.6 Å². The van der Waals surface area contributed by atoms with Crippen LogP contribution in [0.15, 0.2) is 11.0 Å². The Kier molecular flexibility index (Phi) is 4.05. The molecule has 0 saturated heterocycles. The van der Waals surface area contributed by atoms with E-state index in [1.807, 2.05) is 19.9 Å². The van der Waals surface area contributed by atoms with Gasteiger partial charge in [0, 0.05) is 18.3 Å². The number of carbonyl (C=O) groups excluding carboxylic acids is 1. The molecule has 0 atom stereocenters. The maximum absolute atomic E-state index is 12.1. The molecular weight excluding hydrogens is 315 g/mol. The van der Waals surface area contributed by atoms with Gasteiger partial charge < -0.3 is 10.3 Å². The van der Waals surface area contributed by atoms with Gasteiger partial charge in [-0.3, -0.25) is 19.9 Å². The smallest absolute Gasteiger partial charge is 0.369 e. The minimum absolute atomic E-state index is 0.0849. The Bertz CT molecular complexity index is 883. The first-order valence-corrected chi connectivity index (χ1v) is 6.39. The van der Waals surface area contributed by atoms with Gasteiger partial charge >= 0.3 is 12.1 Å². The number of anilines is 1. The number of H-pyrrole nitrogens is 1. The van der Waals surface area contributed by atoms with E-state index < -0.39 is 17.6 Å². The minimum atomic E-state index is -5.03. The average molecular weight is 327 g/mol. The van der Waals surface area contributed by atoms with Gasteiger partial charge in [0.1, 0.15) is 0 Å². The first-order chi connectivity index (χ1) is 10.6. The summed E-state index contributed by atoms with van der Waals surface area (Å²) in [7, 11) is 0. The average Bonchev–Trinajstić information content (AvgIpc) is 2.76. The highest BCUT2D eigenvalue weighted by Gasteiger charge is 2.38. The molecule has 0 saturated carbocycles. The van der Waals surface area contributed by atoms with Gasteiger partial charge in [-0.2, -0.15) is 18.2 Å². The van der Waals surface area contributed by atoms with Crippen molar-refractivity contribution in [2.45, 2.75) is 26.1 Å². The van der Waals surface area contributed by atoms with Crippen molar-refractivity contribution in [3.05, 3.63) is 22.1 Å². The maximum atomic E-state index is 12.1. The van der Waals surface area contributed by atoms with Crippen LogP contribution >= 0.6 is 0 Å². The first-order valence-electron chi connectivity index (χ1n) is 6.39. The normalized spacial score (nSPS) is 11.4. The molecule has 0 radical (unpaired) electrons. The van der Waals surface area contributed by atoms with Crippen LogP contribution in [0.25, 0.3) is 11.0 Å². The summed E-state index contributed by atoms with van der Waals surface area (Å²) in [6, 6.07) is 1.81. The molecule has 2 rings (SSSR count). The molecule has 0 aliphatic heterocycles. The van der Waals surface area contributed by atoms with Crippen molar-refractivity contribution < 1.29 is 18.0 Å². The fourth-order valence-electron chi connectivity index (χ4n) is 1.89. The summed E-state index contributed by atoms with van der Waals surface area (Å²) in [6.07, 6.45) is -3.57. The number of fused-ring (bicyclic) bond motifs is 1. The lowest BCUT2D eigenvalue weighted by molar-refractivity contribution is -0.172. The Morgan fingerprint density at radius 2 is 2.13 bits per heavy atom. The molecule has 0 fully saturated rings. The number of aromatic nitrogens is 3. The predicted octanol–water partition coefficient (Wildman–Crippen LogP) is 0.875. The Morgan fingerprint density at radius 1 is 1.48 bits per heavy atom. The highest BCUT2D eigenvalue weighted by Crippen LogP contribution is 2.20. The zero-order chi connectivity index (χ0) is 17.4. The summed E-state index contributed by atoms with van der Waals surface area (Å²) >= 11 is 0. The van der Waals surface area contributed by atoms with E-state index in [9.17, 15) is 22.8 Å². The van der Waals surface area contributed by atoms with Crippen molar-refractivity contribution in [1.82, 2.24) is 19.9 Å². The molecule has 1 amide bonds. The molecule has 0 aliphatic rings. The molecule has 0 aromatic carbocycles. The Morgan fingerprint density at radius 3 is 2.70 bits per heavy atom. The van der Waals surface area contributed by atoms with Gasteiger partial charge in [-0.05, 0) is 19.8 Å². The third-order valence-electron chi connectivity index (χ3n) is 2.89. The molecular formula is C13H12F3N5O2. The maximum Gasteiger partial charge on any atom is 0.472 e. The van der Waals surface area contributed by atoms with Gasteiger partial charge in [-0.1, -0.05) is 0 Å². The van der Waals surface area contributed by atoms with E-state index in [2.05, 4.69) is 15.9 Å². The Hall–Kier alpha value is -2.96. The number of hydrogen-bond acceptors (Lipinski definition) is 4. The fraction of sp³-hybridized carbons (Fsp3) is 0.308. The van der Waals surface area contributed by atoms with Crippen molar-refractivity contribution in [3.63, 3.8) is 0 Å². The number of carbonyl (C=O) groups is 1. The van der Waals surface area contributed by atoms with Crippen molar-refractivity contribution in [2.24, 2.45) is 0 Å². The summed E-state index contributed by atoms with van der Waals surface area (Å²) in [6.45, 7) is 3.64.